The Labute approximate surface area is 147 Å². The van der Waals surface area contributed by atoms with Crippen LogP contribution in [0.25, 0.3) is 10.9 Å². The van der Waals surface area contributed by atoms with Gasteiger partial charge < -0.3 is 25.5 Å². The monoisotopic (exact) mass is 345 g/mol. The quantitative estimate of drug-likeness (QED) is 0.647. The number of ether oxygens (including phenoxy) is 1. The molecule has 2 aromatic rings. The first kappa shape index (κ1) is 17.8. The number of aryl methyl sites for hydroxylation is 1. The number of fused-ring (bicyclic) bond motifs is 1. The average molecular weight is 345 g/mol. The van der Waals surface area contributed by atoms with Gasteiger partial charge in [-0.2, -0.15) is 0 Å². The minimum absolute atomic E-state index is 0.242. The second-order valence-electron chi connectivity index (χ2n) is 6.70. The molecule has 1 saturated heterocycles. The van der Waals surface area contributed by atoms with Crippen LogP contribution in [0.5, 0.6) is 0 Å². The van der Waals surface area contributed by atoms with E-state index in [0.29, 0.717) is 32.6 Å². The largest absolute Gasteiger partial charge is 0.388 e. The maximum absolute atomic E-state index is 11.9. The van der Waals surface area contributed by atoms with E-state index in [2.05, 4.69) is 40.7 Å². The van der Waals surface area contributed by atoms with Crippen LogP contribution in [0, 0.1) is 0 Å². The first-order chi connectivity index (χ1) is 12.1. The zero-order valence-electron chi connectivity index (χ0n) is 14.7. The third kappa shape index (κ3) is 4.32. The molecule has 0 spiro atoms. The van der Waals surface area contributed by atoms with Gasteiger partial charge in [0.25, 0.3) is 0 Å². The summed E-state index contributed by atoms with van der Waals surface area (Å²) in [7, 11) is 0. The Morgan fingerprint density at radius 2 is 2.08 bits per heavy atom. The molecule has 136 valence electrons. The van der Waals surface area contributed by atoms with Crippen LogP contribution in [0.2, 0.25) is 0 Å². The first-order valence-corrected chi connectivity index (χ1v) is 9.01. The lowest BCUT2D eigenvalue weighted by Crippen LogP contribution is -2.49. The fraction of sp³-hybridized carbons (Fsp3) is 0.526. The Hall–Kier alpha value is -2.05. The summed E-state index contributed by atoms with van der Waals surface area (Å²) in [5, 5.41) is 17.2. The van der Waals surface area contributed by atoms with E-state index >= 15 is 0 Å². The summed E-state index contributed by atoms with van der Waals surface area (Å²) in [5.41, 5.74) is 2.85. The number of rotatable bonds is 6. The van der Waals surface area contributed by atoms with Crippen molar-refractivity contribution in [3.63, 3.8) is 0 Å². The van der Waals surface area contributed by atoms with Crippen molar-refractivity contribution in [3.05, 3.63) is 35.5 Å². The van der Waals surface area contributed by atoms with E-state index in [1.165, 1.54) is 22.0 Å². The average Bonchev–Trinajstić information content (AvgIpc) is 3.04. The summed E-state index contributed by atoms with van der Waals surface area (Å²) in [6.07, 6.45) is 4.89. The molecule has 3 rings (SSSR count). The molecular formula is C19H27N3O3. The van der Waals surface area contributed by atoms with Crippen LogP contribution in [-0.2, 0) is 17.6 Å². The molecule has 1 aliphatic heterocycles. The van der Waals surface area contributed by atoms with Crippen LogP contribution in [0.1, 0.15) is 30.9 Å². The lowest BCUT2D eigenvalue weighted by Gasteiger charge is -2.32. The van der Waals surface area contributed by atoms with E-state index in [9.17, 15) is 9.90 Å². The highest BCUT2D eigenvalue weighted by Gasteiger charge is 2.29. The van der Waals surface area contributed by atoms with Crippen LogP contribution < -0.4 is 10.6 Å². The molecule has 2 heterocycles. The summed E-state index contributed by atoms with van der Waals surface area (Å²) in [6, 6.07) is 6.08. The number of hydrogen-bond acceptors (Lipinski definition) is 3. The van der Waals surface area contributed by atoms with E-state index in [-0.39, 0.29) is 12.6 Å². The van der Waals surface area contributed by atoms with Crippen molar-refractivity contribution in [2.75, 3.05) is 26.3 Å². The van der Waals surface area contributed by atoms with Gasteiger partial charge in [-0.1, -0.05) is 25.1 Å². The van der Waals surface area contributed by atoms with Crippen molar-refractivity contribution in [2.24, 2.45) is 0 Å². The highest BCUT2D eigenvalue weighted by Crippen LogP contribution is 2.22. The number of H-pyrrole nitrogens is 1. The Balaban J connectivity index is 1.47. The normalized spacial score (nSPS) is 16.7. The number of nitrogens with one attached hydrogen (secondary N) is 3. The number of amides is 2. The van der Waals surface area contributed by atoms with Crippen LogP contribution in [0.15, 0.2) is 24.4 Å². The molecule has 6 nitrogen and oxygen atoms in total. The number of carbonyl (C=O) groups is 1. The maximum Gasteiger partial charge on any atom is 0.314 e. The number of hydrogen-bond donors (Lipinski definition) is 4. The van der Waals surface area contributed by atoms with Gasteiger partial charge in [0.1, 0.15) is 0 Å². The maximum atomic E-state index is 11.9. The van der Waals surface area contributed by atoms with Gasteiger partial charge >= 0.3 is 6.03 Å². The van der Waals surface area contributed by atoms with Gasteiger partial charge in [-0.15, -0.1) is 0 Å². The molecular weight excluding hydrogens is 318 g/mol. The topological polar surface area (TPSA) is 86.4 Å². The Morgan fingerprint density at radius 3 is 2.84 bits per heavy atom. The lowest BCUT2D eigenvalue weighted by molar-refractivity contribution is -0.0600. The fourth-order valence-electron chi connectivity index (χ4n) is 3.32. The SMILES string of the molecule is CCc1cccc2c(CCNC(=O)NCC3(O)CCOCC3)c[nH]c12. The fourth-order valence-corrected chi connectivity index (χ4v) is 3.32. The van der Waals surface area contributed by atoms with Crippen LogP contribution in [0.3, 0.4) is 0 Å². The molecule has 6 heteroatoms. The molecule has 0 saturated carbocycles. The second kappa shape index (κ2) is 7.89. The first-order valence-electron chi connectivity index (χ1n) is 9.01. The third-order valence-electron chi connectivity index (χ3n) is 4.95. The second-order valence-corrected chi connectivity index (χ2v) is 6.70. The van der Waals surface area contributed by atoms with Gasteiger partial charge in [-0.3, -0.25) is 0 Å². The van der Waals surface area contributed by atoms with Gasteiger partial charge in [-0.25, -0.2) is 4.79 Å². The van der Waals surface area contributed by atoms with E-state index in [1.54, 1.807) is 0 Å². The molecule has 0 atom stereocenters. The van der Waals surface area contributed by atoms with Crippen molar-refractivity contribution < 1.29 is 14.6 Å². The number of aromatic amines is 1. The third-order valence-corrected chi connectivity index (χ3v) is 4.95. The molecule has 1 aromatic carbocycles. The van der Waals surface area contributed by atoms with Crippen LogP contribution in [0.4, 0.5) is 4.79 Å². The van der Waals surface area contributed by atoms with Gasteiger partial charge in [0, 0.05) is 56.2 Å². The van der Waals surface area contributed by atoms with Gasteiger partial charge in [0.2, 0.25) is 0 Å². The Morgan fingerprint density at radius 1 is 1.28 bits per heavy atom. The smallest absolute Gasteiger partial charge is 0.314 e. The molecule has 0 unspecified atom stereocenters. The lowest BCUT2D eigenvalue weighted by atomic mass is 9.94. The highest BCUT2D eigenvalue weighted by molar-refractivity contribution is 5.86. The van der Waals surface area contributed by atoms with E-state index in [4.69, 9.17) is 4.74 Å². The Kier molecular flexibility index (Phi) is 5.60. The summed E-state index contributed by atoms with van der Waals surface area (Å²) < 4.78 is 5.24. The minimum Gasteiger partial charge on any atom is -0.388 e. The predicted molar refractivity (Wildman–Crippen MR) is 97.8 cm³/mol. The molecule has 25 heavy (non-hydrogen) atoms. The summed E-state index contributed by atoms with van der Waals surface area (Å²) in [5.74, 6) is 0. The number of aliphatic hydroxyl groups is 1. The number of benzene rings is 1. The summed E-state index contributed by atoms with van der Waals surface area (Å²) >= 11 is 0. The number of aromatic nitrogens is 1. The zero-order valence-corrected chi connectivity index (χ0v) is 14.7. The van der Waals surface area contributed by atoms with Crippen molar-refractivity contribution in [3.8, 4) is 0 Å². The van der Waals surface area contributed by atoms with E-state index < -0.39 is 5.60 Å². The molecule has 0 radical (unpaired) electrons. The Bertz CT molecular complexity index is 720. The van der Waals surface area contributed by atoms with Gasteiger partial charge in [0.15, 0.2) is 0 Å². The molecule has 1 aliphatic rings. The number of carbonyl (C=O) groups excluding carboxylic acids is 1. The zero-order chi connectivity index (χ0) is 17.7. The minimum atomic E-state index is -0.844. The highest BCUT2D eigenvalue weighted by atomic mass is 16.5. The van der Waals surface area contributed by atoms with Gasteiger partial charge in [-0.05, 0) is 24.0 Å². The molecule has 2 amide bonds. The standard InChI is InChI=1S/C19H27N3O3/c1-2-14-4-3-5-16-15(12-21-17(14)16)6-9-20-18(23)22-13-19(24)7-10-25-11-8-19/h3-5,12,21,24H,2,6-11,13H2,1H3,(H2,20,22,23). The molecule has 1 fully saturated rings. The summed E-state index contributed by atoms with van der Waals surface area (Å²) in [6.45, 7) is 4.04. The molecule has 0 aliphatic carbocycles. The molecule has 0 bridgehead atoms. The summed E-state index contributed by atoms with van der Waals surface area (Å²) in [4.78, 5) is 15.3. The molecule has 1 aromatic heterocycles. The van der Waals surface area contributed by atoms with Gasteiger partial charge in [0.05, 0.1) is 5.60 Å². The number of para-hydroxylation sites is 1. The van der Waals surface area contributed by atoms with Crippen molar-refractivity contribution in [1.29, 1.82) is 0 Å². The van der Waals surface area contributed by atoms with E-state index in [0.717, 1.165) is 12.8 Å². The van der Waals surface area contributed by atoms with E-state index in [1.807, 2.05) is 6.20 Å². The van der Waals surface area contributed by atoms with Crippen LogP contribution >= 0.6 is 0 Å². The predicted octanol–water partition coefficient (Wildman–Crippen LogP) is 2.11. The van der Waals surface area contributed by atoms with Crippen molar-refractivity contribution >= 4 is 16.9 Å². The van der Waals surface area contributed by atoms with Crippen molar-refractivity contribution in [2.45, 2.75) is 38.2 Å². The molecule has 4 N–H and O–H groups in total. The van der Waals surface area contributed by atoms with Crippen molar-refractivity contribution in [1.82, 2.24) is 15.6 Å². The number of urea groups is 1. The van der Waals surface area contributed by atoms with Crippen LogP contribution in [-0.4, -0.2) is 48.0 Å².